The quantitative estimate of drug-likeness (QED) is 0.189. The van der Waals surface area contributed by atoms with Crippen LogP contribution in [0.1, 0.15) is 43.4 Å². The summed E-state index contributed by atoms with van der Waals surface area (Å²) in [7, 11) is 0. The number of anilines is 2. The summed E-state index contributed by atoms with van der Waals surface area (Å²) in [5.74, 6) is 0.560. The normalized spacial score (nSPS) is 14.2. The highest BCUT2D eigenvalue weighted by Crippen LogP contribution is 2.20. The first-order valence-electron chi connectivity index (χ1n) is 12.9. The van der Waals surface area contributed by atoms with Crippen molar-refractivity contribution in [1.29, 1.82) is 0 Å². The molecule has 0 bridgehead atoms. The number of nitrogens with zero attached hydrogens (tertiary/aromatic N) is 5. The molecule has 5 N–H and O–H groups in total. The van der Waals surface area contributed by atoms with E-state index in [9.17, 15) is 18.7 Å². The largest absolute Gasteiger partial charge is 0.480 e. The number of allylic oxidation sites excluding steroid dienone is 1. The van der Waals surface area contributed by atoms with Crippen LogP contribution in [0, 0.1) is 0 Å². The summed E-state index contributed by atoms with van der Waals surface area (Å²) in [5, 5.41) is 16.0. The maximum atomic E-state index is 12.9. The molecule has 0 aliphatic carbocycles. The average Bonchev–Trinajstić information content (AvgIpc) is 2.91. The van der Waals surface area contributed by atoms with Gasteiger partial charge in [0, 0.05) is 44.0 Å². The fraction of sp³-hybridized carbons (Fsp3) is 0.500. The number of carbonyl (C=O) groups is 1. The van der Waals surface area contributed by atoms with Crippen LogP contribution in [0.2, 0.25) is 0 Å². The molecule has 38 heavy (non-hydrogen) atoms. The Balaban J connectivity index is 1.51. The molecular weight excluding hydrogens is 494 g/mol. The number of carboxylic acid groups (broad SMARTS) is 1. The molecule has 0 unspecified atom stereocenters. The maximum Gasteiger partial charge on any atom is 0.326 e. The molecule has 1 aliphatic rings. The van der Waals surface area contributed by atoms with Crippen molar-refractivity contribution < 1.29 is 18.7 Å². The SMILES string of the molecule is NC=CC=Nc1cc(N[C@@H](CCN(CCCCc2ccc3c(n2)NCCC3)CCC(F)F)C(=O)O)ncn1. The van der Waals surface area contributed by atoms with Crippen molar-refractivity contribution in [3.05, 3.63) is 48.1 Å². The second-order valence-corrected chi connectivity index (χ2v) is 9.07. The van der Waals surface area contributed by atoms with Crippen LogP contribution in [-0.2, 0) is 17.6 Å². The van der Waals surface area contributed by atoms with Crippen molar-refractivity contribution in [3.63, 3.8) is 0 Å². The summed E-state index contributed by atoms with van der Waals surface area (Å²) in [6, 6.07) is 4.76. The molecule has 0 spiro atoms. The fourth-order valence-corrected chi connectivity index (χ4v) is 4.18. The first-order valence-corrected chi connectivity index (χ1v) is 12.9. The summed E-state index contributed by atoms with van der Waals surface area (Å²) in [4.78, 5) is 30.7. The van der Waals surface area contributed by atoms with Gasteiger partial charge in [-0.3, -0.25) is 0 Å². The van der Waals surface area contributed by atoms with Crippen LogP contribution in [0.3, 0.4) is 0 Å². The van der Waals surface area contributed by atoms with Gasteiger partial charge >= 0.3 is 5.97 Å². The summed E-state index contributed by atoms with van der Waals surface area (Å²) >= 11 is 0. The van der Waals surface area contributed by atoms with E-state index >= 15 is 0 Å². The Morgan fingerprint density at radius 3 is 2.87 bits per heavy atom. The minimum atomic E-state index is -2.41. The summed E-state index contributed by atoms with van der Waals surface area (Å²) in [6.07, 6.45) is 7.76. The van der Waals surface area contributed by atoms with Gasteiger partial charge in [0.2, 0.25) is 6.43 Å². The zero-order chi connectivity index (χ0) is 27.2. The topological polar surface area (TPSA) is 142 Å². The van der Waals surface area contributed by atoms with E-state index in [4.69, 9.17) is 10.7 Å². The molecule has 12 heteroatoms. The number of carboxylic acids is 1. The molecule has 0 saturated carbocycles. The van der Waals surface area contributed by atoms with Crippen LogP contribution in [0.25, 0.3) is 0 Å². The molecule has 0 saturated heterocycles. The number of hydrogen-bond acceptors (Lipinski definition) is 9. The second kappa shape index (κ2) is 15.6. The van der Waals surface area contributed by atoms with E-state index < -0.39 is 18.4 Å². The van der Waals surface area contributed by atoms with Gasteiger partial charge in [0.1, 0.15) is 24.0 Å². The van der Waals surface area contributed by atoms with Gasteiger partial charge < -0.3 is 26.4 Å². The van der Waals surface area contributed by atoms with E-state index in [1.807, 2.05) is 4.90 Å². The summed E-state index contributed by atoms with van der Waals surface area (Å²) < 4.78 is 25.8. The van der Waals surface area contributed by atoms with Crippen LogP contribution < -0.4 is 16.4 Å². The number of alkyl halides is 2. The zero-order valence-electron chi connectivity index (χ0n) is 21.4. The van der Waals surface area contributed by atoms with Crippen molar-refractivity contribution in [2.24, 2.45) is 10.7 Å². The van der Waals surface area contributed by atoms with Gasteiger partial charge in [-0.2, -0.15) is 0 Å². The third-order valence-corrected chi connectivity index (χ3v) is 6.18. The van der Waals surface area contributed by atoms with E-state index in [0.717, 1.165) is 50.2 Å². The van der Waals surface area contributed by atoms with E-state index in [0.29, 0.717) is 24.7 Å². The van der Waals surface area contributed by atoms with Gasteiger partial charge in [-0.1, -0.05) is 6.07 Å². The Morgan fingerprint density at radius 1 is 1.24 bits per heavy atom. The van der Waals surface area contributed by atoms with Crippen molar-refractivity contribution in [3.8, 4) is 0 Å². The molecule has 0 fully saturated rings. The first kappa shape index (κ1) is 28.9. The van der Waals surface area contributed by atoms with Crippen molar-refractivity contribution in [1.82, 2.24) is 19.9 Å². The molecule has 206 valence electrons. The Labute approximate surface area is 221 Å². The number of aliphatic carboxylic acids is 1. The molecule has 0 aromatic carbocycles. The molecule has 10 nitrogen and oxygen atoms in total. The summed E-state index contributed by atoms with van der Waals surface area (Å²) in [5.41, 5.74) is 7.53. The van der Waals surface area contributed by atoms with Crippen molar-refractivity contribution >= 4 is 29.6 Å². The number of unbranched alkanes of at least 4 members (excludes halogenated alkanes) is 1. The number of nitrogens with one attached hydrogen (secondary N) is 2. The van der Waals surface area contributed by atoms with Crippen LogP contribution in [-0.4, -0.2) is 75.8 Å². The monoisotopic (exact) mass is 530 g/mol. The molecule has 1 atom stereocenters. The Hall–Kier alpha value is -3.67. The number of aromatic nitrogens is 3. The molecule has 0 amide bonds. The van der Waals surface area contributed by atoms with Crippen molar-refractivity contribution in [2.45, 2.75) is 57.4 Å². The Morgan fingerprint density at radius 2 is 2.08 bits per heavy atom. The number of fused-ring (bicyclic) bond motifs is 1. The Kier molecular flexibility index (Phi) is 11.8. The molecule has 3 heterocycles. The van der Waals surface area contributed by atoms with E-state index in [2.05, 4.69) is 37.7 Å². The minimum absolute atomic E-state index is 0.200. The zero-order valence-corrected chi connectivity index (χ0v) is 21.4. The van der Waals surface area contributed by atoms with E-state index in [-0.39, 0.29) is 19.4 Å². The number of rotatable bonds is 16. The lowest BCUT2D eigenvalue weighted by Crippen LogP contribution is -2.36. The minimum Gasteiger partial charge on any atom is -0.480 e. The number of hydrogen-bond donors (Lipinski definition) is 4. The van der Waals surface area contributed by atoms with Gasteiger partial charge in [-0.25, -0.2) is 33.5 Å². The standard InChI is InChI=1S/C26H36F2N8O2/c27-22(28)10-16-36(14-2-1-6-20-8-7-19-5-3-12-31-25(19)34-20)15-9-21(26(37)38)35-24-17-23(32-18-33-24)30-13-4-11-29/h4,7-8,11,13,17-18,21-22H,1-3,5-6,9-10,12,14-16,29H2,(H,31,34)(H,37,38)(H,32,33,35)/t21-/m0/s1. The highest BCUT2D eigenvalue weighted by molar-refractivity contribution is 5.77. The molecule has 1 aliphatic heterocycles. The predicted molar refractivity (Wildman–Crippen MR) is 144 cm³/mol. The van der Waals surface area contributed by atoms with Crippen LogP contribution >= 0.6 is 0 Å². The Bertz CT molecular complexity index is 1080. The molecule has 2 aromatic heterocycles. The number of halogens is 2. The predicted octanol–water partition coefficient (Wildman–Crippen LogP) is 3.64. The lowest BCUT2D eigenvalue weighted by molar-refractivity contribution is -0.138. The van der Waals surface area contributed by atoms with Gasteiger partial charge in [0.25, 0.3) is 0 Å². The maximum absolute atomic E-state index is 12.9. The number of nitrogens with two attached hydrogens (primary N) is 1. The van der Waals surface area contributed by atoms with Crippen molar-refractivity contribution in [2.75, 3.05) is 36.8 Å². The molecule has 2 aromatic rings. The number of aliphatic imine (C=N–C) groups is 1. The molecular formula is C26H36F2N8O2. The molecule has 3 rings (SSSR count). The fourth-order valence-electron chi connectivity index (χ4n) is 4.18. The summed E-state index contributed by atoms with van der Waals surface area (Å²) in [6.45, 7) is 2.10. The lowest BCUT2D eigenvalue weighted by Gasteiger charge is -2.24. The highest BCUT2D eigenvalue weighted by Gasteiger charge is 2.20. The van der Waals surface area contributed by atoms with Crippen LogP contribution in [0.5, 0.6) is 0 Å². The number of pyridine rings is 1. The first-order chi connectivity index (χ1) is 18.4. The van der Waals surface area contributed by atoms with E-state index in [1.165, 1.54) is 36.4 Å². The molecule has 0 radical (unpaired) electrons. The smallest absolute Gasteiger partial charge is 0.326 e. The van der Waals surface area contributed by atoms with Crippen LogP contribution in [0.4, 0.5) is 26.2 Å². The van der Waals surface area contributed by atoms with Gasteiger partial charge in [-0.05, 0) is 69.0 Å². The highest BCUT2D eigenvalue weighted by atomic mass is 19.3. The van der Waals surface area contributed by atoms with Crippen LogP contribution in [0.15, 0.2) is 41.8 Å². The van der Waals surface area contributed by atoms with Gasteiger partial charge in [0.15, 0.2) is 5.82 Å². The average molecular weight is 531 g/mol. The van der Waals surface area contributed by atoms with Gasteiger partial charge in [0.05, 0.1) is 0 Å². The number of aryl methyl sites for hydroxylation is 2. The second-order valence-electron chi connectivity index (χ2n) is 9.07. The third kappa shape index (κ3) is 10.0. The lowest BCUT2D eigenvalue weighted by atomic mass is 10.1. The third-order valence-electron chi connectivity index (χ3n) is 6.18. The van der Waals surface area contributed by atoms with E-state index in [1.54, 1.807) is 0 Å². The van der Waals surface area contributed by atoms with Gasteiger partial charge in [-0.15, -0.1) is 0 Å².